The van der Waals surface area contributed by atoms with Crippen molar-refractivity contribution in [1.82, 2.24) is 4.90 Å². The van der Waals surface area contributed by atoms with Gasteiger partial charge in [0, 0.05) is 12.2 Å². The molecule has 3 rings (SSSR count). The number of nitrogens with zero attached hydrogens (tertiary/aromatic N) is 2. The Kier molecular flexibility index (Phi) is 7.64. The Hall–Kier alpha value is -2.48. The van der Waals surface area contributed by atoms with Crippen LogP contribution in [0.1, 0.15) is 52.1 Å². The monoisotopic (exact) mass is 446 g/mol. The molecular weight excluding hydrogens is 416 g/mol. The second-order valence-corrected chi connectivity index (χ2v) is 8.88. The number of thioether (sulfide) groups is 1. The summed E-state index contributed by atoms with van der Waals surface area (Å²) in [6, 6.07) is 4.92. The second kappa shape index (κ2) is 10.2. The van der Waals surface area contributed by atoms with Gasteiger partial charge in [-0.3, -0.25) is 9.69 Å². The Labute approximate surface area is 187 Å². The molecule has 8 heteroatoms. The zero-order valence-electron chi connectivity index (χ0n) is 18.8. The third-order valence-electron chi connectivity index (χ3n) is 5.16. The molecule has 1 aromatic rings. The van der Waals surface area contributed by atoms with Gasteiger partial charge < -0.3 is 14.2 Å². The van der Waals surface area contributed by atoms with E-state index in [1.165, 1.54) is 11.8 Å². The molecule has 0 N–H and O–H groups in total. The molecule has 1 atom stereocenters. The first-order chi connectivity index (χ1) is 14.9. The van der Waals surface area contributed by atoms with Crippen molar-refractivity contribution in [1.29, 1.82) is 0 Å². The number of methoxy groups -OCH3 is 1. The lowest BCUT2D eigenvalue weighted by Gasteiger charge is -2.39. The second-order valence-electron chi connectivity index (χ2n) is 7.82. The Morgan fingerprint density at radius 2 is 2.10 bits per heavy atom. The van der Waals surface area contributed by atoms with E-state index in [-0.39, 0.29) is 12.5 Å². The number of amides is 1. The number of esters is 1. The maximum Gasteiger partial charge on any atom is 0.338 e. The summed E-state index contributed by atoms with van der Waals surface area (Å²) in [7, 11) is 1.58. The highest BCUT2D eigenvalue weighted by atomic mass is 32.2. The van der Waals surface area contributed by atoms with Crippen LogP contribution in [0.4, 0.5) is 0 Å². The molecule has 0 aromatic heterocycles. The van der Waals surface area contributed by atoms with Crippen LogP contribution in [0.15, 0.2) is 34.5 Å². The van der Waals surface area contributed by atoms with Gasteiger partial charge in [0.1, 0.15) is 0 Å². The highest BCUT2D eigenvalue weighted by molar-refractivity contribution is 8.14. The summed E-state index contributed by atoms with van der Waals surface area (Å²) >= 11 is 1.52. The lowest BCUT2D eigenvalue weighted by molar-refractivity contribution is -0.139. The Morgan fingerprint density at radius 1 is 1.32 bits per heavy atom. The molecule has 1 aromatic carbocycles. The number of amidine groups is 1. The summed E-state index contributed by atoms with van der Waals surface area (Å²) < 4.78 is 16.8. The van der Waals surface area contributed by atoms with Crippen LogP contribution in [0, 0.1) is 5.92 Å². The van der Waals surface area contributed by atoms with Gasteiger partial charge in [0.15, 0.2) is 16.7 Å². The van der Waals surface area contributed by atoms with Gasteiger partial charge >= 0.3 is 5.97 Å². The molecule has 1 fully saturated rings. The zero-order valence-corrected chi connectivity index (χ0v) is 19.6. The van der Waals surface area contributed by atoms with Crippen LogP contribution in [0.2, 0.25) is 0 Å². The standard InChI is InChI=1S/C23H30N2O5S/c1-6-29-22(27)20-15(4)24-23-25(19(26)10-12-31-23)21(20)16-7-8-17(18(13-16)28-5)30-11-9-14(2)3/h7-8,13-14,21H,6,9-12H2,1-5H3. The normalized spacial score (nSPS) is 18.6. The van der Waals surface area contributed by atoms with Crippen LogP contribution in [0.3, 0.4) is 0 Å². The van der Waals surface area contributed by atoms with Crippen LogP contribution in [0.5, 0.6) is 11.5 Å². The van der Waals surface area contributed by atoms with Crippen molar-refractivity contribution in [2.45, 2.75) is 46.6 Å². The van der Waals surface area contributed by atoms with Crippen LogP contribution >= 0.6 is 11.8 Å². The average Bonchev–Trinajstić information content (AvgIpc) is 2.73. The van der Waals surface area contributed by atoms with Crippen LogP contribution in [-0.2, 0) is 14.3 Å². The van der Waals surface area contributed by atoms with Crippen molar-refractivity contribution in [2.24, 2.45) is 10.9 Å². The van der Waals surface area contributed by atoms with E-state index in [1.54, 1.807) is 25.9 Å². The van der Waals surface area contributed by atoms with Crippen molar-refractivity contribution >= 4 is 28.8 Å². The minimum atomic E-state index is -0.620. The lowest BCUT2D eigenvalue weighted by Crippen LogP contribution is -2.45. The number of benzene rings is 1. The fourth-order valence-corrected chi connectivity index (χ4v) is 4.57. The number of fused-ring (bicyclic) bond motifs is 1. The van der Waals surface area contributed by atoms with Gasteiger partial charge in [-0.25, -0.2) is 9.79 Å². The van der Waals surface area contributed by atoms with Gasteiger partial charge in [0.2, 0.25) is 5.91 Å². The van der Waals surface area contributed by atoms with E-state index in [9.17, 15) is 9.59 Å². The summed E-state index contributed by atoms with van der Waals surface area (Å²) in [5.74, 6) is 1.88. The fourth-order valence-electron chi connectivity index (χ4n) is 3.56. The largest absolute Gasteiger partial charge is 0.493 e. The Bertz CT molecular complexity index is 909. The molecule has 0 saturated carbocycles. The number of aliphatic imine (C=N–C) groups is 1. The summed E-state index contributed by atoms with van der Waals surface area (Å²) in [5, 5.41) is 0.614. The van der Waals surface area contributed by atoms with Gasteiger partial charge in [-0.2, -0.15) is 0 Å². The average molecular weight is 447 g/mol. The van der Waals surface area contributed by atoms with E-state index >= 15 is 0 Å². The number of hydrogen-bond acceptors (Lipinski definition) is 7. The fraction of sp³-hybridized carbons (Fsp3) is 0.522. The number of allylic oxidation sites excluding steroid dienone is 1. The first kappa shape index (κ1) is 23.2. The molecule has 1 amide bonds. The van der Waals surface area contributed by atoms with E-state index < -0.39 is 12.0 Å². The highest BCUT2D eigenvalue weighted by Crippen LogP contribution is 2.42. The third-order valence-corrected chi connectivity index (χ3v) is 6.11. The van der Waals surface area contributed by atoms with Crippen molar-refractivity contribution in [3.05, 3.63) is 35.0 Å². The predicted octanol–water partition coefficient (Wildman–Crippen LogP) is 4.33. The van der Waals surface area contributed by atoms with Crippen LogP contribution in [-0.4, -0.2) is 48.0 Å². The molecule has 2 aliphatic heterocycles. The molecule has 168 valence electrons. The van der Waals surface area contributed by atoms with Crippen LogP contribution < -0.4 is 9.47 Å². The maximum atomic E-state index is 12.9. The van der Waals surface area contributed by atoms with E-state index in [4.69, 9.17) is 14.2 Å². The van der Waals surface area contributed by atoms with E-state index in [2.05, 4.69) is 18.8 Å². The van der Waals surface area contributed by atoms with Gasteiger partial charge in [-0.1, -0.05) is 31.7 Å². The zero-order chi connectivity index (χ0) is 22.5. The minimum absolute atomic E-state index is 0.0620. The first-order valence-corrected chi connectivity index (χ1v) is 11.6. The van der Waals surface area contributed by atoms with Crippen molar-refractivity contribution in [3.63, 3.8) is 0 Å². The summed E-state index contributed by atoms with van der Waals surface area (Å²) in [4.78, 5) is 31.9. The quantitative estimate of drug-likeness (QED) is 0.553. The van der Waals surface area contributed by atoms with E-state index in [0.29, 0.717) is 52.6 Å². The molecule has 0 radical (unpaired) electrons. The number of carbonyl (C=O) groups is 2. The molecule has 0 aliphatic carbocycles. The number of rotatable bonds is 8. The minimum Gasteiger partial charge on any atom is -0.493 e. The van der Waals surface area contributed by atoms with Gasteiger partial charge in [-0.15, -0.1) is 0 Å². The van der Waals surface area contributed by atoms with Crippen molar-refractivity contribution in [2.75, 3.05) is 26.1 Å². The molecule has 31 heavy (non-hydrogen) atoms. The number of ether oxygens (including phenoxy) is 3. The SMILES string of the molecule is CCOC(=O)C1=C(C)N=C2SCCC(=O)N2C1c1ccc(OCCC(C)C)c(OC)c1. The van der Waals surface area contributed by atoms with Gasteiger partial charge in [0.25, 0.3) is 0 Å². The predicted molar refractivity (Wildman–Crippen MR) is 121 cm³/mol. The highest BCUT2D eigenvalue weighted by Gasteiger charge is 2.41. The molecule has 7 nitrogen and oxygen atoms in total. The number of carbonyl (C=O) groups excluding carboxylic acids is 2. The van der Waals surface area contributed by atoms with Crippen LogP contribution in [0.25, 0.3) is 0 Å². The number of hydrogen-bond donors (Lipinski definition) is 0. The Balaban J connectivity index is 2.03. The first-order valence-electron chi connectivity index (χ1n) is 10.6. The molecule has 2 heterocycles. The molecule has 1 saturated heterocycles. The molecule has 0 bridgehead atoms. The third kappa shape index (κ3) is 5.06. The summed E-state index contributed by atoms with van der Waals surface area (Å²) in [6.45, 7) is 8.66. The topological polar surface area (TPSA) is 77.4 Å². The molecular formula is C23H30N2O5S. The summed E-state index contributed by atoms with van der Waals surface area (Å²) in [5.41, 5.74) is 1.68. The Morgan fingerprint density at radius 3 is 2.77 bits per heavy atom. The van der Waals surface area contributed by atoms with Crippen molar-refractivity contribution < 1.29 is 23.8 Å². The van der Waals surface area contributed by atoms with E-state index in [0.717, 1.165) is 12.0 Å². The van der Waals surface area contributed by atoms with Gasteiger partial charge in [0.05, 0.1) is 37.6 Å². The maximum absolute atomic E-state index is 12.9. The summed E-state index contributed by atoms with van der Waals surface area (Å²) in [6.07, 6.45) is 1.32. The lowest BCUT2D eigenvalue weighted by atomic mass is 9.94. The smallest absolute Gasteiger partial charge is 0.338 e. The van der Waals surface area contributed by atoms with Crippen molar-refractivity contribution in [3.8, 4) is 11.5 Å². The molecule has 1 unspecified atom stereocenters. The molecule has 2 aliphatic rings. The molecule has 0 spiro atoms. The van der Waals surface area contributed by atoms with Gasteiger partial charge in [-0.05, 0) is 43.9 Å². The van der Waals surface area contributed by atoms with E-state index in [1.807, 2.05) is 18.2 Å².